The first-order valence-corrected chi connectivity index (χ1v) is 1.43. The normalized spacial score (nSPS) is 4.14. The van der Waals surface area contributed by atoms with E-state index in [1.807, 2.05) is 0 Å². The zero-order valence-electron chi connectivity index (χ0n) is 4.27. The van der Waals surface area contributed by atoms with Crippen LogP contribution in [0, 0.1) is 0 Å². The Labute approximate surface area is 42.6 Å². The van der Waals surface area contributed by atoms with Crippen LogP contribution in [0.15, 0.2) is 13.2 Å². The van der Waals surface area contributed by atoms with Gasteiger partial charge in [0.2, 0.25) is 0 Å². The number of rotatable bonds is 0. The molecule has 0 saturated heterocycles. The molecule has 0 amide bonds. The summed E-state index contributed by atoms with van der Waals surface area (Å²) < 4.78 is 0. The molecule has 0 aromatic carbocycles. The predicted octanol–water partition coefficient (Wildman–Crippen LogP) is 0.0684. The van der Waals surface area contributed by atoms with Crippen molar-refractivity contribution in [3.8, 4) is 0 Å². The van der Waals surface area contributed by atoms with Gasteiger partial charge < -0.3 is 10.6 Å². The average molecular weight is 106 g/mol. The standard InChI is InChI=1S/C2H4O2.C2H4.H2O/c1-2(3)4;1-2;/h1H3,(H,3,4);1-2H2;1H2. The molecule has 0 spiro atoms. The van der Waals surface area contributed by atoms with Gasteiger partial charge in [-0.3, -0.25) is 4.79 Å². The zero-order chi connectivity index (χ0) is 5.58. The van der Waals surface area contributed by atoms with Crippen LogP contribution >= 0.6 is 0 Å². The summed E-state index contributed by atoms with van der Waals surface area (Å²) in [5.74, 6) is -0.833. The fourth-order valence-electron chi connectivity index (χ4n) is 0. The lowest BCUT2D eigenvalue weighted by Crippen LogP contribution is -1.78. The van der Waals surface area contributed by atoms with Gasteiger partial charge in [0.25, 0.3) is 5.97 Å². The minimum Gasteiger partial charge on any atom is -0.481 e. The SMILES string of the molecule is C=C.CC(=O)O.O. The minimum absolute atomic E-state index is 0. The molecule has 7 heavy (non-hydrogen) atoms. The number of hydrogen-bond acceptors (Lipinski definition) is 1. The van der Waals surface area contributed by atoms with E-state index in [1.165, 1.54) is 0 Å². The van der Waals surface area contributed by atoms with Crippen LogP contribution in [0.3, 0.4) is 0 Å². The molecule has 0 heterocycles. The van der Waals surface area contributed by atoms with Crippen LogP contribution in [0.1, 0.15) is 6.92 Å². The first kappa shape index (κ1) is 16.4. The summed E-state index contributed by atoms with van der Waals surface area (Å²) in [6.45, 7) is 7.08. The van der Waals surface area contributed by atoms with Gasteiger partial charge in [-0.1, -0.05) is 0 Å². The minimum atomic E-state index is -0.833. The second-order valence-corrected chi connectivity index (χ2v) is 0.519. The molecule has 0 radical (unpaired) electrons. The largest absolute Gasteiger partial charge is 0.481 e. The number of hydrogen-bond donors (Lipinski definition) is 1. The fourth-order valence-corrected chi connectivity index (χ4v) is 0. The van der Waals surface area contributed by atoms with Crippen molar-refractivity contribution in [3.63, 3.8) is 0 Å². The van der Waals surface area contributed by atoms with Crippen LogP contribution in [-0.4, -0.2) is 16.6 Å². The smallest absolute Gasteiger partial charge is 0.300 e. The Morgan fingerprint density at radius 3 is 1.57 bits per heavy atom. The lowest BCUT2D eigenvalue weighted by atomic mass is 10.9. The molecule has 0 unspecified atom stereocenters. The van der Waals surface area contributed by atoms with E-state index in [-0.39, 0.29) is 5.48 Å². The van der Waals surface area contributed by atoms with Crippen LogP contribution < -0.4 is 0 Å². The number of carbonyl (C=O) groups is 1. The molecule has 0 fully saturated rings. The highest BCUT2D eigenvalue weighted by Crippen LogP contribution is 1.42. The Balaban J connectivity index is -0.0000000480. The van der Waals surface area contributed by atoms with E-state index in [2.05, 4.69) is 13.2 Å². The Hall–Kier alpha value is -0.830. The maximum Gasteiger partial charge on any atom is 0.300 e. The molecule has 0 aliphatic rings. The first-order chi connectivity index (χ1) is 2.73. The van der Waals surface area contributed by atoms with Gasteiger partial charge in [-0.2, -0.15) is 0 Å². The van der Waals surface area contributed by atoms with Crippen molar-refractivity contribution in [2.45, 2.75) is 6.92 Å². The summed E-state index contributed by atoms with van der Waals surface area (Å²) >= 11 is 0. The third-order valence-electron chi connectivity index (χ3n) is 0. The summed E-state index contributed by atoms with van der Waals surface area (Å²) in [6, 6.07) is 0. The van der Waals surface area contributed by atoms with Crippen LogP contribution in [0.2, 0.25) is 0 Å². The molecule has 0 atom stereocenters. The second kappa shape index (κ2) is 19.1. The summed E-state index contributed by atoms with van der Waals surface area (Å²) in [5.41, 5.74) is 0. The van der Waals surface area contributed by atoms with Crippen molar-refractivity contribution in [2.75, 3.05) is 0 Å². The van der Waals surface area contributed by atoms with Crippen LogP contribution in [-0.2, 0) is 4.79 Å². The monoisotopic (exact) mass is 106 g/mol. The highest BCUT2D eigenvalue weighted by Gasteiger charge is 1.65. The first-order valence-electron chi connectivity index (χ1n) is 1.43. The zero-order valence-corrected chi connectivity index (χ0v) is 4.27. The molecular formula is C4H10O3. The molecule has 3 heteroatoms. The van der Waals surface area contributed by atoms with Crippen LogP contribution in [0.4, 0.5) is 0 Å². The van der Waals surface area contributed by atoms with Crippen molar-refractivity contribution < 1.29 is 15.4 Å². The predicted molar refractivity (Wildman–Crippen MR) is 28.2 cm³/mol. The van der Waals surface area contributed by atoms with Crippen LogP contribution in [0.5, 0.6) is 0 Å². The molecule has 0 aliphatic heterocycles. The number of carboxylic acid groups (broad SMARTS) is 1. The van der Waals surface area contributed by atoms with E-state index in [9.17, 15) is 0 Å². The van der Waals surface area contributed by atoms with Crippen molar-refractivity contribution in [1.82, 2.24) is 0 Å². The Morgan fingerprint density at radius 2 is 1.57 bits per heavy atom. The van der Waals surface area contributed by atoms with Gasteiger partial charge in [-0.25, -0.2) is 0 Å². The van der Waals surface area contributed by atoms with E-state index >= 15 is 0 Å². The summed E-state index contributed by atoms with van der Waals surface area (Å²) in [7, 11) is 0. The lowest BCUT2D eigenvalue weighted by Gasteiger charge is -1.59. The fraction of sp³-hybridized carbons (Fsp3) is 0.250. The topological polar surface area (TPSA) is 68.8 Å². The molecule has 3 nitrogen and oxygen atoms in total. The van der Waals surface area contributed by atoms with E-state index in [1.54, 1.807) is 0 Å². The third-order valence-corrected chi connectivity index (χ3v) is 0. The number of carboxylic acids is 1. The highest BCUT2D eigenvalue weighted by atomic mass is 16.4. The van der Waals surface area contributed by atoms with Crippen LogP contribution in [0.25, 0.3) is 0 Å². The maximum atomic E-state index is 9.00. The van der Waals surface area contributed by atoms with Gasteiger partial charge in [0.1, 0.15) is 0 Å². The van der Waals surface area contributed by atoms with E-state index in [4.69, 9.17) is 9.90 Å². The summed E-state index contributed by atoms with van der Waals surface area (Å²) in [5, 5.41) is 7.42. The van der Waals surface area contributed by atoms with Gasteiger partial charge in [0.05, 0.1) is 0 Å². The van der Waals surface area contributed by atoms with Crippen molar-refractivity contribution >= 4 is 5.97 Å². The summed E-state index contributed by atoms with van der Waals surface area (Å²) in [4.78, 5) is 9.00. The van der Waals surface area contributed by atoms with E-state index in [0.717, 1.165) is 6.92 Å². The number of aliphatic carboxylic acids is 1. The lowest BCUT2D eigenvalue weighted by molar-refractivity contribution is -0.134. The van der Waals surface area contributed by atoms with Gasteiger partial charge in [0, 0.05) is 6.92 Å². The van der Waals surface area contributed by atoms with Gasteiger partial charge in [-0.15, -0.1) is 13.2 Å². The molecular weight excluding hydrogens is 96.0 g/mol. The highest BCUT2D eigenvalue weighted by molar-refractivity contribution is 5.62. The molecule has 3 N–H and O–H groups in total. The van der Waals surface area contributed by atoms with Crippen molar-refractivity contribution in [2.24, 2.45) is 0 Å². The quantitative estimate of drug-likeness (QED) is 0.444. The van der Waals surface area contributed by atoms with Crippen molar-refractivity contribution in [3.05, 3.63) is 13.2 Å². The van der Waals surface area contributed by atoms with E-state index in [0.29, 0.717) is 0 Å². The molecule has 0 aromatic heterocycles. The second-order valence-electron chi connectivity index (χ2n) is 0.519. The molecule has 0 saturated carbocycles. The summed E-state index contributed by atoms with van der Waals surface area (Å²) in [6.07, 6.45) is 0. The molecule has 0 rings (SSSR count). The van der Waals surface area contributed by atoms with Crippen molar-refractivity contribution in [1.29, 1.82) is 0 Å². The average Bonchev–Trinajstić information content (AvgIpc) is 1.41. The third kappa shape index (κ3) is 75.4. The molecule has 0 bridgehead atoms. The van der Waals surface area contributed by atoms with Gasteiger partial charge >= 0.3 is 0 Å². The Bertz CT molecular complexity index is 38.2. The maximum absolute atomic E-state index is 9.00. The Kier molecular flexibility index (Phi) is 44.8. The molecule has 0 aliphatic carbocycles. The van der Waals surface area contributed by atoms with Gasteiger partial charge in [-0.05, 0) is 0 Å². The van der Waals surface area contributed by atoms with E-state index < -0.39 is 5.97 Å². The Morgan fingerprint density at radius 1 is 1.57 bits per heavy atom. The molecule has 44 valence electrons. The molecule has 0 aromatic rings. The van der Waals surface area contributed by atoms with Gasteiger partial charge in [0.15, 0.2) is 0 Å².